The maximum absolute atomic E-state index is 5.96. The number of guanidine groups is 1. The molecule has 1 fully saturated rings. The number of likely N-dealkylation sites (tertiary alicyclic amines) is 1. The van der Waals surface area contributed by atoms with E-state index in [9.17, 15) is 0 Å². The van der Waals surface area contributed by atoms with Crippen molar-refractivity contribution in [3.05, 3.63) is 40.6 Å². The van der Waals surface area contributed by atoms with Crippen molar-refractivity contribution in [2.75, 3.05) is 26.2 Å². The van der Waals surface area contributed by atoms with Crippen molar-refractivity contribution in [1.82, 2.24) is 25.3 Å². The minimum Gasteiger partial charge on any atom is -0.465 e. The standard InChI is InChI=1S/C21H34N6O/c1-6-22-21(23-13-18-16(3)25-26(5)17(18)4)24-14-19(27-11-7-8-12-27)20-10-9-15(2)28-20/h9-10,19H,6-8,11-14H2,1-5H3,(H2,22,23,24). The van der Waals surface area contributed by atoms with E-state index in [0.717, 1.165) is 55.0 Å². The van der Waals surface area contributed by atoms with Crippen LogP contribution in [0.1, 0.15) is 54.3 Å². The van der Waals surface area contributed by atoms with Crippen LogP contribution >= 0.6 is 0 Å². The molecule has 0 saturated carbocycles. The summed E-state index contributed by atoms with van der Waals surface area (Å²) in [5.74, 6) is 2.82. The van der Waals surface area contributed by atoms with Gasteiger partial charge in [0.2, 0.25) is 0 Å². The third kappa shape index (κ3) is 4.76. The Morgan fingerprint density at radius 2 is 1.96 bits per heavy atom. The molecule has 1 aliphatic rings. The summed E-state index contributed by atoms with van der Waals surface area (Å²) >= 11 is 0. The Balaban J connectivity index is 1.71. The lowest BCUT2D eigenvalue weighted by atomic mass is 10.2. The lowest BCUT2D eigenvalue weighted by molar-refractivity contribution is 0.213. The van der Waals surface area contributed by atoms with Crippen molar-refractivity contribution < 1.29 is 4.42 Å². The minimum absolute atomic E-state index is 0.224. The van der Waals surface area contributed by atoms with E-state index in [0.29, 0.717) is 6.54 Å². The summed E-state index contributed by atoms with van der Waals surface area (Å²) in [6.45, 7) is 12.7. The first-order valence-electron chi connectivity index (χ1n) is 10.3. The Morgan fingerprint density at radius 3 is 2.54 bits per heavy atom. The second-order valence-corrected chi connectivity index (χ2v) is 7.56. The van der Waals surface area contributed by atoms with Gasteiger partial charge >= 0.3 is 0 Å². The highest BCUT2D eigenvalue weighted by atomic mass is 16.3. The first kappa shape index (κ1) is 20.5. The molecular weight excluding hydrogens is 352 g/mol. The second kappa shape index (κ2) is 9.28. The lowest BCUT2D eigenvalue weighted by Crippen LogP contribution is -2.42. The van der Waals surface area contributed by atoms with Crippen molar-refractivity contribution in [2.45, 2.75) is 53.1 Å². The molecule has 1 atom stereocenters. The summed E-state index contributed by atoms with van der Waals surface area (Å²) in [4.78, 5) is 7.31. The van der Waals surface area contributed by atoms with Gasteiger partial charge in [-0.15, -0.1) is 0 Å². The smallest absolute Gasteiger partial charge is 0.191 e. The molecule has 0 aliphatic carbocycles. The van der Waals surface area contributed by atoms with E-state index in [1.807, 2.05) is 31.6 Å². The summed E-state index contributed by atoms with van der Waals surface area (Å²) in [6, 6.07) is 4.37. The van der Waals surface area contributed by atoms with Crippen LogP contribution in [0.2, 0.25) is 0 Å². The molecule has 0 radical (unpaired) electrons. The first-order valence-corrected chi connectivity index (χ1v) is 10.3. The topological polar surface area (TPSA) is 70.6 Å². The van der Waals surface area contributed by atoms with Crippen molar-refractivity contribution in [3.63, 3.8) is 0 Å². The maximum atomic E-state index is 5.96. The number of rotatable bonds is 7. The van der Waals surface area contributed by atoms with Crippen LogP contribution in [0.5, 0.6) is 0 Å². The molecule has 2 N–H and O–H groups in total. The Kier molecular flexibility index (Phi) is 6.78. The molecule has 28 heavy (non-hydrogen) atoms. The maximum Gasteiger partial charge on any atom is 0.191 e. The van der Waals surface area contributed by atoms with E-state index < -0.39 is 0 Å². The summed E-state index contributed by atoms with van der Waals surface area (Å²) in [5, 5.41) is 11.4. The molecule has 7 heteroatoms. The van der Waals surface area contributed by atoms with Gasteiger partial charge in [-0.2, -0.15) is 5.10 Å². The molecule has 0 amide bonds. The normalized spacial score (nSPS) is 16.5. The largest absolute Gasteiger partial charge is 0.465 e. The highest BCUT2D eigenvalue weighted by Crippen LogP contribution is 2.26. The van der Waals surface area contributed by atoms with E-state index in [4.69, 9.17) is 9.41 Å². The second-order valence-electron chi connectivity index (χ2n) is 7.56. The van der Waals surface area contributed by atoms with Gasteiger partial charge in [-0.1, -0.05) is 0 Å². The summed E-state index contributed by atoms with van der Waals surface area (Å²) < 4.78 is 7.88. The van der Waals surface area contributed by atoms with Gasteiger partial charge in [0.15, 0.2) is 5.96 Å². The molecule has 1 saturated heterocycles. The zero-order chi connectivity index (χ0) is 20.1. The third-order valence-corrected chi connectivity index (χ3v) is 5.53. The predicted octanol–water partition coefficient (Wildman–Crippen LogP) is 2.83. The third-order valence-electron chi connectivity index (χ3n) is 5.53. The van der Waals surface area contributed by atoms with Gasteiger partial charge in [0.05, 0.1) is 18.3 Å². The lowest BCUT2D eigenvalue weighted by Gasteiger charge is -2.26. The molecule has 7 nitrogen and oxygen atoms in total. The fourth-order valence-electron chi connectivity index (χ4n) is 3.83. The number of furan rings is 1. The monoisotopic (exact) mass is 386 g/mol. The van der Waals surface area contributed by atoms with Crippen LogP contribution in [-0.2, 0) is 13.6 Å². The van der Waals surface area contributed by atoms with Crippen molar-refractivity contribution in [1.29, 1.82) is 0 Å². The fraction of sp³-hybridized carbons (Fsp3) is 0.619. The van der Waals surface area contributed by atoms with Gasteiger partial charge in [-0.25, -0.2) is 4.99 Å². The van der Waals surface area contributed by atoms with Gasteiger partial charge in [-0.3, -0.25) is 9.58 Å². The molecule has 3 rings (SSSR count). The highest BCUT2D eigenvalue weighted by molar-refractivity contribution is 5.79. The number of aromatic nitrogens is 2. The SMILES string of the molecule is CCNC(=NCc1c(C)nn(C)c1C)NCC(c1ccc(C)o1)N1CCCC1. The van der Waals surface area contributed by atoms with Gasteiger partial charge in [0.1, 0.15) is 11.5 Å². The molecule has 1 unspecified atom stereocenters. The molecule has 0 aromatic carbocycles. The van der Waals surface area contributed by atoms with Crippen LogP contribution in [-0.4, -0.2) is 46.8 Å². The number of nitrogens with one attached hydrogen (secondary N) is 2. The van der Waals surface area contributed by atoms with E-state index in [1.54, 1.807) is 0 Å². The molecule has 3 heterocycles. The van der Waals surface area contributed by atoms with Crippen LogP contribution in [0.3, 0.4) is 0 Å². The van der Waals surface area contributed by atoms with Gasteiger partial charge in [-0.05, 0) is 65.8 Å². The summed E-state index contributed by atoms with van der Waals surface area (Å²) in [5.41, 5.74) is 3.40. The predicted molar refractivity (Wildman–Crippen MR) is 112 cm³/mol. The molecule has 2 aromatic heterocycles. The molecule has 0 bridgehead atoms. The molecule has 1 aliphatic heterocycles. The van der Waals surface area contributed by atoms with Crippen LogP contribution < -0.4 is 10.6 Å². The first-order chi connectivity index (χ1) is 13.5. The van der Waals surface area contributed by atoms with Gasteiger partial charge < -0.3 is 15.1 Å². The van der Waals surface area contributed by atoms with Crippen LogP contribution in [0.15, 0.2) is 21.5 Å². The molecule has 0 spiro atoms. The number of aryl methyl sites for hydroxylation is 3. The minimum atomic E-state index is 0.224. The average molecular weight is 387 g/mol. The van der Waals surface area contributed by atoms with Crippen LogP contribution in [0, 0.1) is 20.8 Å². The Bertz CT molecular complexity index is 800. The molecule has 154 valence electrons. The summed E-state index contributed by atoms with van der Waals surface area (Å²) in [6.07, 6.45) is 2.51. The van der Waals surface area contributed by atoms with E-state index >= 15 is 0 Å². The fourth-order valence-corrected chi connectivity index (χ4v) is 3.83. The Morgan fingerprint density at radius 1 is 1.21 bits per heavy atom. The zero-order valence-electron chi connectivity index (χ0n) is 17.9. The van der Waals surface area contributed by atoms with Crippen molar-refractivity contribution in [3.8, 4) is 0 Å². The molecular formula is C21H34N6O. The summed E-state index contributed by atoms with van der Waals surface area (Å²) in [7, 11) is 1.98. The molecule has 2 aromatic rings. The average Bonchev–Trinajstić information content (AvgIpc) is 3.38. The number of nitrogens with zero attached hydrogens (tertiary/aromatic N) is 4. The van der Waals surface area contributed by atoms with E-state index in [-0.39, 0.29) is 6.04 Å². The number of hydrogen-bond acceptors (Lipinski definition) is 4. The van der Waals surface area contributed by atoms with Crippen LogP contribution in [0.25, 0.3) is 0 Å². The quantitative estimate of drug-likeness (QED) is 0.566. The van der Waals surface area contributed by atoms with Crippen molar-refractivity contribution >= 4 is 5.96 Å². The Labute approximate surface area is 168 Å². The highest BCUT2D eigenvalue weighted by Gasteiger charge is 2.26. The van der Waals surface area contributed by atoms with Gasteiger partial charge in [0, 0.05) is 31.4 Å². The van der Waals surface area contributed by atoms with E-state index in [2.05, 4.69) is 40.5 Å². The van der Waals surface area contributed by atoms with Gasteiger partial charge in [0.25, 0.3) is 0 Å². The van der Waals surface area contributed by atoms with Crippen molar-refractivity contribution in [2.24, 2.45) is 12.0 Å². The van der Waals surface area contributed by atoms with Crippen LogP contribution in [0.4, 0.5) is 0 Å². The van der Waals surface area contributed by atoms with E-state index in [1.165, 1.54) is 18.4 Å². The Hall–Kier alpha value is -2.28. The number of hydrogen-bond donors (Lipinski definition) is 2. The zero-order valence-corrected chi connectivity index (χ0v) is 17.9. The number of aliphatic imine (C=N–C) groups is 1.